The predicted octanol–water partition coefficient (Wildman–Crippen LogP) is 5.55. The van der Waals surface area contributed by atoms with Crippen molar-refractivity contribution >= 4 is 33.2 Å². The van der Waals surface area contributed by atoms with E-state index >= 15 is 0 Å². The number of pyridine rings is 2. The van der Waals surface area contributed by atoms with Crippen molar-refractivity contribution in [3.8, 4) is 0 Å². The molecule has 0 saturated carbocycles. The predicted molar refractivity (Wildman–Crippen MR) is 148 cm³/mol. The molecule has 7 nitrogen and oxygen atoms in total. The van der Waals surface area contributed by atoms with E-state index in [1.807, 2.05) is 18.2 Å². The van der Waals surface area contributed by atoms with Crippen LogP contribution in [0.25, 0.3) is 0 Å². The zero-order valence-electron chi connectivity index (χ0n) is 20.7. The van der Waals surface area contributed by atoms with Gasteiger partial charge in [-0.1, -0.05) is 48.0 Å². The Balaban J connectivity index is 1.35. The zero-order valence-corrected chi connectivity index (χ0v) is 22.2. The van der Waals surface area contributed by atoms with Crippen molar-refractivity contribution in [1.82, 2.24) is 14.9 Å². The Labute approximate surface area is 227 Å². The first-order valence-electron chi connectivity index (χ1n) is 12.4. The molecule has 38 heavy (non-hydrogen) atoms. The summed E-state index contributed by atoms with van der Waals surface area (Å²) in [5.41, 5.74) is 2.48. The SMILES string of the molecule is O=C(c1ccc(N(Cc2ccc(Cl)cc2)S(=O)(=O)c2ccccc2)cn1)N1CCC(c2ccccn2)CC1. The molecule has 0 atom stereocenters. The van der Waals surface area contributed by atoms with Gasteiger partial charge in [0.2, 0.25) is 0 Å². The Morgan fingerprint density at radius 3 is 2.24 bits per heavy atom. The first kappa shape index (κ1) is 25.9. The van der Waals surface area contributed by atoms with Gasteiger partial charge in [-0.15, -0.1) is 0 Å². The zero-order chi connectivity index (χ0) is 26.5. The summed E-state index contributed by atoms with van der Waals surface area (Å²) in [5, 5.41) is 0.569. The topological polar surface area (TPSA) is 83.5 Å². The molecule has 1 aliphatic rings. The van der Waals surface area contributed by atoms with Gasteiger partial charge in [0.1, 0.15) is 5.69 Å². The van der Waals surface area contributed by atoms with Crippen molar-refractivity contribution in [2.75, 3.05) is 17.4 Å². The lowest BCUT2D eigenvalue weighted by Gasteiger charge is -2.31. The molecule has 4 aromatic rings. The number of carbonyl (C=O) groups is 1. The van der Waals surface area contributed by atoms with Crippen LogP contribution in [-0.2, 0) is 16.6 Å². The van der Waals surface area contributed by atoms with Crippen molar-refractivity contribution < 1.29 is 13.2 Å². The fourth-order valence-electron chi connectivity index (χ4n) is 4.61. The van der Waals surface area contributed by atoms with Crippen molar-refractivity contribution in [1.29, 1.82) is 0 Å². The Morgan fingerprint density at radius 1 is 0.895 bits per heavy atom. The van der Waals surface area contributed by atoms with E-state index in [0.717, 1.165) is 24.1 Å². The van der Waals surface area contributed by atoms with Gasteiger partial charge in [0.25, 0.3) is 15.9 Å². The summed E-state index contributed by atoms with van der Waals surface area (Å²) in [4.78, 5) is 24.0. The lowest BCUT2D eigenvalue weighted by Crippen LogP contribution is -2.38. The van der Waals surface area contributed by atoms with E-state index in [-0.39, 0.29) is 23.0 Å². The third-order valence-electron chi connectivity index (χ3n) is 6.71. The number of anilines is 1. The number of rotatable bonds is 7. The molecule has 5 rings (SSSR count). The van der Waals surface area contributed by atoms with E-state index in [1.165, 1.54) is 10.5 Å². The lowest BCUT2D eigenvalue weighted by atomic mass is 9.93. The minimum absolute atomic E-state index is 0.0877. The number of hydrogen-bond acceptors (Lipinski definition) is 5. The molecular weight excluding hydrogens is 520 g/mol. The number of aromatic nitrogens is 2. The maximum absolute atomic E-state index is 13.6. The summed E-state index contributed by atoms with van der Waals surface area (Å²) < 4.78 is 28.5. The van der Waals surface area contributed by atoms with E-state index in [0.29, 0.717) is 29.7 Å². The van der Waals surface area contributed by atoms with Gasteiger partial charge in [-0.2, -0.15) is 0 Å². The molecule has 2 aromatic heterocycles. The quantitative estimate of drug-likeness (QED) is 0.304. The van der Waals surface area contributed by atoms with Gasteiger partial charge in [-0.25, -0.2) is 13.4 Å². The molecule has 1 saturated heterocycles. The molecule has 194 valence electrons. The molecule has 0 unspecified atom stereocenters. The monoisotopic (exact) mass is 546 g/mol. The molecule has 1 aliphatic heterocycles. The van der Waals surface area contributed by atoms with Crippen molar-refractivity contribution in [2.45, 2.75) is 30.2 Å². The van der Waals surface area contributed by atoms with Gasteiger partial charge in [0.05, 0.1) is 23.3 Å². The summed E-state index contributed by atoms with van der Waals surface area (Å²) >= 11 is 6.02. The molecule has 3 heterocycles. The van der Waals surface area contributed by atoms with Crippen molar-refractivity contribution in [2.24, 2.45) is 0 Å². The second-order valence-electron chi connectivity index (χ2n) is 9.17. The summed E-state index contributed by atoms with van der Waals surface area (Å²) in [7, 11) is -3.89. The second kappa shape index (κ2) is 11.3. The molecular formula is C29H27ClN4O3S. The van der Waals surface area contributed by atoms with Crippen LogP contribution in [-0.4, -0.2) is 42.3 Å². The van der Waals surface area contributed by atoms with Gasteiger partial charge >= 0.3 is 0 Å². The number of benzene rings is 2. The van der Waals surface area contributed by atoms with Gasteiger partial charge in [0.15, 0.2) is 0 Å². The molecule has 0 aliphatic carbocycles. The fraction of sp³-hybridized carbons (Fsp3) is 0.207. The Morgan fingerprint density at radius 2 is 1.61 bits per heavy atom. The van der Waals surface area contributed by atoms with E-state index < -0.39 is 10.0 Å². The van der Waals surface area contributed by atoms with Crippen LogP contribution in [0.2, 0.25) is 5.02 Å². The second-order valence-corrected chi connectivity index (χ2v) is 11.5. The highest BCUT2D eigenvalue weighted by Crippen LogP contribution is 2.29. The van der Waals surface area contributed by atoms with Crippen LogP contribution in [0, 0.1) is 0 Å². The molecule has 1 fully saturated rings. The van der Waals surface area contributed by atoms with Crippen LogP contribution < -0.4 is 4.31 Å². The van der Waals surface area contributed by atoms with Crippen LogP contribution in [0.3, 0.4) is 0 Å². The summed E-state index contributed by atoms with van der Waals surface area (Å²) in [6, 6.07) is 24.4. The summed E-state index contributed by atoms with van der Waals surface area (Å²) in [5.74, 6) is 0.173. The largest absolute Gasteiger partial charge is 0.337 e. The van der Waals surface area contributed by atoms with Crippen molar-refractivity contribution in [3.63, 3.8) is 0 Å². The summed E-state index contributed by atoms with van der Waals surface area (Å²) in [6.07, 6.45) is 4.92. The van der Waals surface area contributed by atoms with E-state index in [9.17, 15) is 13.2 Å². The van der Waals surface area contributed by atoms with E-state index in [2.05, 4.69) is 9.97 Å². The summed E-state index contributed by atoms with van der Waals surface area (Å²) in [6.45, 7) is 1.33. The Kier molecular flexibility index (Phi) is 7.72. The van der Waals surface area contributed by atoms with E-state index in [4.69, 9.17) is 11.6 Å². The first-order chi connectivity index (χ1) is 18.4. The normalized spacial score (nSPS) is 14.3. The highest BCUT2D eigenvalue weighted by molar-refractivity contribution is 7.92. The third kappa shape index (κ3) is 5.71. The maximum atomic E-state index is 13.6. The highest BCUT2D eigenvalue weighted by atomic mass is 35.5. The number of hydrogen-bond donors (Lipinski definition) is 0. The third-order valence-corrected chi connectivity index (χ3v) is 8.75. The molecule has 2 aromatic carbocycles. The maximum Gasteiger partial charge on any atom is 0.272 e. The number of sulfonamides is 1. The van der Waals surface area contributed by atoms with Gasteiger partial charge in [-0.05, 0) is 66.9 Å². The standard InChI is InChI=1S/C29H27ClN4O3S/c30-24-11-9-22(10-12-24)21-34(38(36,37)26-6-2-1-3-7-26)25-13-14-28(32-20-25)29(35)33-18-15-23(16-19-33)27-8-4-5-17-31-27/h1-14,17,20,23H,15-16,18-19,21H2. The number of nitrogens with zero attached hydrogens (tertiary/aromatic N) is 4. The van der Waals surface area contributed by atoms with Crippen LogP contribution in [0.5, 0.6) is 0 Å². The molecule has 0 N–H and O–H groups in total. The van der Waals surface area contributed by atoms with Gasteiger partial charge in [0, 0.05) is 35.9 Å². The molecule has 1 amide bonds. The minimum Gasteiger partial charge on any atom is -0.337 e. The number of piperidine rings is 1. The Bertz CT molecular complexity index is 1470. The van der Waals surface area contributed by atoms with Crippen LogP contribution >= 0.6 is 11.6 Å². The average Bonchev–Trinajstić information content (AvgIpc) is 2.97. The number of carbonyl (C=O) groups excluding carboxylic acids is 1. The average molecular weight is 547 g/mol. The van der Waals surface area contributed by atoms with Crippen LogP contribution in [0.15, 0.2) is 102 Å². The molecule has 0 spiro atoms. The smallest absolute Gasteiger partial charge is 0.272 e. The Hall–Kier alpha value is -3.75. The first-order valence-corrected chi connectivity index (χ1v) is 14.2. The lowest BCUT2D eigenvalue weighted by molar-refractivity contribution is 0.0706. The van der Waals surface area contributed by atoms with Crippen LogP contribution in [0.1, 0.15) is 40.5 Å². The van der Waals surface area contributed by atoms with E-state index in [1.54, 1.807) is 77.8 Å². The number of likely N-dealkylation sites (tertiary alicyclic amines) is 1. The van der Waals surface area contributed by atoms with Crippen LogP contribution in [0.4, 0.5) is 5.69 Å². The fourth-order valence-corrected chi connectivity index (χ4v) is 6.19. The van der Waals surface area contributed by atoms with Gasteiger partial charge < -0.3 is 4.90 Å². The molecule has 9 heteroatoms. The number of halogens is 1. The highest BCUT2D eigenvalue weighted by Gasteiger charge is 2.28. The van der Waals surface area contributed by atoms with Crippen molar-refractivity contribution in [3.05, 3.63) is 119 Å². The number of amides is 1. The minimum atomic E-state index is -3.89. The molecule has 0 bridgehead atoms. The van der Waals surface area contributed by atoms with Gasteiger partial charge in [-0.3, -0.25) is 14.1 Å². The molecule has 0 radical (unpaired) electrons.